The molecule has 1 heterocycles. The number of benzene rings is 2. The number of amides is 10. The van der Waals surface area contributed by atoms with Crippen molar-refractivity contribution in [3.63, 3.8) is 0 Å². The summed E-state index contributed by atoms with van der Waals surface area (Å²) in [4.78, 5) is 148. The van der Waals surface area contributed by atoms with Crippen molar-refractivity contribution in [1.29, 1.82) is 0 Å². The van der Waals surface area contributed by atoms with E-state index < -0.39 is 125 Å². The number of nitrogens with one attached hydrogen (secondary N) is 9. The molecule has 2 aromatic carbocycles. The summed E-state index contributed by atoms with van der Waals surface area (Å²) in [7, 11) is 2.48. The maximum Gasteiger partial charge on any atom is 0.244 e. The minimum absolute atomic E-state index is 0.0193. The number of nitrogens with zero attached hydrogens (tertiary/aromatic N) is 2. The lowest BCUT2D eigenvalue weighted by Crippen LogP contribution is -2.61. The van der Waals surface area contributed by atoms with Crippen molar-refractivity contribution >= 4 is 92.6 Å². The van der Waals surface area contributed by atoms with Gasteiger partial charge in [-0.3, -0.25) is 57.9 Å². The van der Waals surface area contributed by atoms with Gasteiger partial charge in [0.05, 0.1) is 19.6 Å². The molecule has 0 radical (unpaired) electrons. The van der Waals surface area contributed by atoms with Gasteiger partial charge in [-0.05, 0) is 74.6 Å². The molecular weight excluding hydrogens is 1150 g/mol. The maximum atomic E-state index is 14.7. The third kappa shape index (κ3) is 25.4. The average Bonchev–Trinajstić information content (AvgIpc) is 2.72. The van der Waals surface area contributed by atoms with Crippen LogP contribution in [0.5, 0.6) is 5.75 Å². The molecule has 3 unspecified atom stereocenters. The molecule has 86 heavy (non-hydrogen) atoms. The Morgan fingerprint density at radius 3 is 1.83 bits per heavy atom. The summed E-state index contributed by atoms with van der Waals surface area (Å²) in [5.41, 5.74) is 34.5. The van der Waals surface area contributed by atoms with Crippen molar-refractivity contribution in [2.75, 3.05) is 45.1 Å². The number of ether oxygens (including phenoxy) is 1. The molecule has 1 spiro atoms. The Morgan fingerprint density at radius 2 is 1.24 bits per heavy atom. The van der Waals surface area contributed by atoms with Crippen molar-refractivity contribution in [3.05, 3.63) is 65.7 Å². The average molecular weight is 1240 g/mol. The van der Waals surface area contributed by atoms with Crippen LogP contribution in [0.3, 0.4) is 0 Å². The highest BCUT2D eigenvalue weighted by molar-refractivity contribution is 8.77. The second-order valence-electron chi connectivity index (χ2n) is 21.3. The molecular formula is C56H87N17O11S2. The largest absolute Gasteiger partial charge is 0.494 e. The molecule has 21 N–H and O–H groups in total. The van der Waals surface area contributed by atoms with E-state index in [0.717, 1.165) is 30.1 Å². The quantitative estimate of drug-likeness (QED) is 0.0202. The van der Waals surface area contributed by atoms with Crippen molar-refractivity contribution in [2.24, 2.45) is 50.3 Å². The molecule has 0 aromatic heterocycles. The normalized spacial score (nSPS) is 20.4. The molecule has 0 bridgehead atoms. The SMILES string of the molecule is CCOc1ccc(CC2NC(=O)CC3(CCCCC3)SSCC(C(=O)N[C@@H](CCCN=C(N)N)C(=O)NCC(=O)N[C@@H](CCCN=C(N)N)C(=O)NCCN)NC(=O)[C@H](CC(N)=O)NC(=O)[C@H](C(C)C)NC(=O)C(Cc3ccccc3)NC2=O)cc1. The zero-order valence-electron chi connectivity index (χ0n) is 49.1. The molecule has 474 valence electrons. The predicted molar refractivity (Wildman–Crippen MR) is 329 cm³/mol. The fourth-order valence-corrected chi connectivity index (χ4v) is 12.9. The number of hydrogen-bond donors (Lipinski definition) is 15. The van der Waals surface area contributed by atoms with Gasteiger partial charge in [-0.25, -0.2) is 0 Å². The number of nitrogens with two attached hydrogens (primary N) is 6. The molecule has 4 rings (SSSR count). The smallest absolute Gasteiger partial charge is 0.244 e. The number of carbonyl (C=O) groups excluding carboxylic acids is 10. The Kier molecular flexibility index (Phi) is 30.3. The molecule has 28 nitrogen and oxygen atoms in total. The highest BCUT2D eigenvalue weighted by atomic mass is 33.1. The van der Waals surface area contributed by atoms with E-state index in [1.807, 2.05) is 6.92 Å². The van der Waals surface area contributed by atoms with Gasteiger partial charge < -0.3 is 87.0 Å². The molecule has 10 amide bonds. The fraction of sp³-hybridized carbons (Fsp3) is 0.571. The summed E-state index contributed by atoms with van der Waals surface area (Å²) in [5, 5.41) is 24.1. The Bertz CT molecular complexity index is 2660. The number of guanidine groups is 2. The van der Waals surface area contributed by atoms with Gasteiger partial charge >= 0.3 is 0 Å². The summed E-state index contributed by atoms with van der Waals surface area (Å²) < 4.78 is 4.88. The molecule has 2 aromatic rings. The van der Waals surface area contributed by atoms with Crippen molar-refractivity contribution < 1.29 is 52.7 Å². The summed E-state index contributed by atoms with van der Waals surface area (Å²) >= 11 is 0. The Labute approximate surface area is 509 Å². The number of rotatable bonds is 26. The second-order valence-corrected chi connectivity index (χ2v) is 24.1. The summed E-state index contributed by atoms with van der Waals surface area (Å²) in [6.45, 7) is 5.33. The lowest BCUT2D eigenvalue weighted by molar-refractivity contribution is -0.136. The second kappa shape index (κ2) is 36.9. The number of carbonyl (C=O) groups is 10. The lowest BCUT2D eigenvalue weighted by atomic mass is 9.85. The Morgan fingerprint density at radius 1 is 0.686 bits per heavy atom. The van der Waals surface area contributed by atoms with Crippen LogP contribution in [-0.4, -0.2) is 163 Å². The van der Waals surface area contributed by atoms with Gasteiger partial charge in [0, 0.05) is 55.9 Å². The third-order valence-corrected chi connectivity index (χ3v) is 17.2. The number of aliphatic imine (C=N–C) groups is 2. The van der Waals surface area contributed by atoms with Crippen LogP contribution in [0.4, 0.5) is 0 Å². The van der Waals surface area contributed by atoms with E-state index in [9.17, 15) is 47.9 Å². The standard InChI is InChI=1S/C56H87N17O11S2/c1-4-84-36-19-17-35(18-20-36)28-39-49(79)70-40(27-34-13-7-5-8-14-34)51(81)73-46(33(2)3)53(83)71-41(29-43(58)74)50(80)72-42(32-85-86-56(30-44(75)68-39)21-9-6-10-22-56)52(82)69-38(16-12-25-65-55(61)62)48(78)66-31-45(76)67-37(47(77)63-26-23-57)15-11-24-64-54(59)60/h5,7-8,13-14,17-20,33,37-42,46H,4,6,9-12,15-16,21-32,57H2,1-3H3,(H2,58,74)(H,63,77)(H,66,78)(H,67,76)(H,68,75)(H,69,82)(H,70,79)(H,71,83)(H,72,80)(H,73,81)(H4,59,60,64)(H4,61,62,65)/t37-,38-,39?,40?,41-,42?,46-/m0/s1. The van der Waals surface area contributed by atoms with E-state index in [2.05, 4.69) is 57.8 Å². The van der Waals surface area contributed by atoms with E-state index in [1.54, 1.807) is 68.4 Å². The van der Waals surface area contributed by atoms with Crippen LogP contribution in [0.2, 0.25) is 0 Å². The minimum Gasteiger partial charge on any atom is -0.494 e. The summed E-state index contributed by atoms with van der Waals surface area (Å²) in [5.74, 6) is -8.55. The van der Waals surface area contributed by atoms with Gasteiger partial charge in [-0.1, -0.05) is 97.2 Å². The Balaban J connectivity index is 1.74. The topological polar surface area (TPSA) is 469 Å². The zero-order valence-corrected chi connectivity index (χ0v) is 50.8. The maximum absolute atomic E-state index is 14.7. The first kappa shape index (κ1) is 70.6. The first-order chi connectivity index (χ1) is 41.0. The monoisotopic (exact) mass is 1240 g/mol. The van der Waals surface area contributed by atoms with E-state index in [4.69, 9.17) is 39.1 Å². The van der Waals surface area contributed by atoms with Crippen LogP contribution >= 0.6 is 21.6 Å². The lowest BCUT2D eigenvalue weighted by Gasteiger charge is -2.36. The molecule has 2 fully saturated rings. The van der Waals surface area contributed by atoms with Crippen LogP contribution in [0.25, 0.3) is 0 Å². The van der Waals surface area contributed by atoms with Crippen molar-refractivity contribution in [2.45, 2.75) is 151 Å². The molecule has 1 saturated heterocycles. The molecule has 1 aliphatic heterocycles. The highest BCUT2D eigenvalue weighted by Gasteiger charge is 2.40. The van der Waals surface area contributed by atoms with Crippen LogP contribution in [0.15, 0.2) is 64.6 Å². The van der Waals surface area contributed by atoms with Crippen LogP contribution in [0, 0.1) is 5.92 Å². The zero-order chi connectivity index (χ0) is 63.2. The van der Waals surface area contributed by atoms with Crippen molar-refractivity contribution in [1.82, 2.24) is 47.9 Å². The van der Waals surface area contributed by atoms with E-state index in [1.165, 1.54) is 10.8 Å². The van der Waals surface area contributed by atoms with Gasteiger partial charge in [-0.2, -0.15) is 0 Å². The first-order valence-electron chi connectivity index (χ1n) is 28.8. The highest BCUT2D eigenvalue weighted by Crippen LogP contribution is 2.48. The minimum atomic E-state index is -1.71. The van der Waals surface area contributed by atoms with Gasteiger partial charge in [0.1, 0.15) is 48.0 Å². The van der Waals surface area contributed by atoms with Crippen LogP contribution in [0.1, 0.15) is 103 Å². The molecule has 2 aliphatic rings. The van der Waals surface area contributed by atoms with E-state index in [0.29, 0.717) is 42.7 Å². The van der Waals surface area contributed by atoms with Crippen LogP contribution in [-0.2, 0) is 60.8 Å². The predicted octanol–water partition coefficient (Wildman–Crippen LogP) is -2.42. The molecule has 7 atom stereocenters. The van der Waals surface area contributed by atoms with Crippen molar-refractivity contribution in [3.8, 4) is 5.75 Å². The van der Waals surface area contributed by atoms with E-state index in [-0.39, 0.29) is 82.4 Å². The van der Waals surface area contributed by atoms with Gasteiger partial charge in [0.15, 0.2) is 11.9 Å². The molecule has 1 aliphatic carbocycles. The number of hydrogen-bond acceptors (Lipinski definition) is 16. The van der Waals surface area contributed by atoms with Crippen LogP contribution < -0.4 is 87.0 Å². The molecule has 1 saturated carbocycles. The Hall–Kier alpha value is -7.86. The van der Waals surface area contributed by atoms with Gasteiger partial charge in [0.25, 0.3) is 0 Å². The first-order valence-corrected chi connectivity index (χ1v) is 31.1. The summed E-state index contributed by atoms with van der Waals surface area (Å²) in [6, 6.07) is 6.34. The van der Waals surface area contributed by atoms with Gasteiger partial charge in [0.2, 0.25) is 59.1 Å². The third-order valence-electron chi connectivity index (χ3n) is 13.9. The van der Waals surface area contributed by atoms with E-state index >= 15 is 0 Å². The fourth-order valence-electron chi connectivity index (χ4n) is 9.50. The molecule has 30 heteroatoms. The van der Waals surface area contributed by atoms with Gasteiger partial charge in [-0.15, -0.1) is 0 Å². The summed E-state index contributed by atoms with van der Waals surface area (Å²) in [6.07, 6.45) is 3.10. The number of primary amides is 1.